The van der Waals surface area contributed by atoms with Gasteiger partial charge in [-0.05, 0) is 48.6 Å². The van der Waals surface area contributed by atoms with Crippen LogP contribution in [0.2, 0.25) is 0 Å². The second kappa shape index (κ2) is 6.05. The van der Waals surface area contributed by atoms with Gasteiger partial charge < -0.3 is 15.0 Å². The van der Waals surface area contributed by atoms with Crippen molar-refractivity contribution in [1.29, 1.82) is 0 Å². The molecule has 2 aromatic rings. The predicted molar refractivity (Wildman–Crippen MR) is 81.9 cm³/mol. The number of H-pyrrole nitrogens is 1. The van der Waals surface area contributed by atoms with Gasteiger partial charge in [-0.1, -0.05) is 12.1 Å². The molecule has 0 saturated carbocycles. The first-order valence-electron chi connectivity index (χ1n) is 7.38. The number of carbonyl (C=O) groups excluding carboxylic acids is 1. The van der Waals surface area contributed by atoms with Crippen molar-refractivity contribution < 1.29 is 14.7 Å². The fraction of sp³-hybridized carbons (Fsp3) is 0.294. The van der Waals surface area contributed by atoms with Crippen molar-refractivity contribution in [2.75, 3.05) is 13.1 Å². The Morgan fingerprint density at radius 2 is 2.00 bits per heavy atom. The molecule has 5 heteroatoms. The topological polar surface area (TPSA) is 73.4 Å². The van der Waals surface area contributed by atoms with Crippen LogP contribution in [0.5, 0.6) is 0 Å². The molecule has 1 saturated heterocycles. The molecular formula is C17H18N2O3. The Bertz CT molecular complexity index is 662. The Morgan fingerprint density at radius 1 is 1.23 bits per heavy atom. The Balaban J connectivity index is 1.59. The minimum atomic E-state index is -0.907. The van der Waals surface area contributed by atoms with Crippen LogP contribution in [0.1, 0.15) is 32.8 Å². The Hall–Kier alpha value is -2.56. The maximum absolute atomic E-state index is 12.3. The third kappa shape index (κ3) is 3.03. The molecule has 0 radical (unpaired) electrons. The van der Waals surface area contributed by atoms with Crippen LogP contribution in [0.25, 0.3) is 0 Å². The highest BCUT2D eigenvalue weighted by atomic mass is 16.4. The van der Waals surface area contributed by atoms with Gasteiger partial charge in [-0.3, -0.25) is 4.79 Å². The van der Waals surface area contributed by atoms with Crippen LogP contribution < -0.4 is 0 Å². The molecule has 1 atom stereocenters. The van der Waals surface area contributed by atoms with Crippen LogP contribution in [0.15, 0.2) is 42.6 Å². The number of nitrogens with one attached hydrogen (secondary N) is 1. The number of likely N-dealkylation sites (tertiary alicyclic amines) is 1. The average molecular weight is 298 g/mol. The van der Waals surface area contributed by atoms with Crippen molar-refractivity contribution in [3.63, 3.8) is 0 Å². The maximum atomic E-state index is 12.3. The summed E-state index contributed by atoms with van der Waals surface area (Å²) in [7, 11) is 0. The minimum Gasteiger partial charge on any atom is -0.478 e. The van der Waals surface area contributed by atoms with E-state index in [1.54, 1.807) is 24.4 Å². The van der Waals surface area contributed by atoms with Gasteiger partial charge in [0.05, 0.1) is 5.56 Å². The van der Waals surface area contributed by atoms with E-state index >= 15 is 0 Å². The van der Waals surface area contributed by atoms with Crippen molar-refractivity contribution in [3.8, 4) is 0 Å². The van der Waals surface area contributed by atoms with Crippen LogP contribution in [-0.2, 0) is 6.42 Å². The summed E-state index contributed by atoms with van der Waals surface area (Å²) in [5.41, 5.74) is 2.05. The van der Waals surface area contributed by atoms with Gasteiger partial charge in [-0.15, -0.1) is 0 Å². The summed E-state index contributed by atoms with van der Waals surface area (Å²) < 4.78 is 0. The van der Waals surface area contributed by atoms with Gasteiger partial charge in [0.25, 0.3) is 5.91 Å². The molecule has 114 valence electrons. The van der Waals surface area contributed by atoms with E-state index in [4.69, 9.17) is 5.11 Å². The Kier molecular flexibility index (Phi) is 3.96. The van der Waals surface area contributed by atoms with Crippen LogP contribution in [0, 0.1) is 5.92 Å². The summed E-state index contributed by atoms with van der Waals surface area (Å²) in [5, 5.41) is 8.90. The largest absolute Gasteiger partial charge is 0.478 e. The number of carboxylic acid groups (broad SMARTS) is 1. The molecule has 1 aromatic carbocycles. The smallest absolute Gasteiger partial charge is 0.335 e. The molecule has 0 aliphatic carbocycles. The highest BCUT2D eigenvalue weighted by Gasteiger charge is 2.27. The lowest BCUT2D eigenvalue weighted by atomic mass is 9.98. The third-order valence-electron chi connectivity index (χ3n) is 4.13. The molecule has 1 aromatic heterocycles. The number of hydrogen-bond donors (Lipinski definition) is 2. The number of rotatable bonds is 4. The zero-order valence-corrected chi connectivity index (χ0v) is 12.2. The van der Waals surface area contributed by atoms with Gasteiger partial charge in [0, 0.05) is 19.3 Å². The normalized spacial score (nSPS) is 17.6. The molecule has 5 nitrogen and oxygen atoms in total. The number of aromatic amines is 1. The fourth-order valence-corrected chi connectivity index (χ4v) is 2.93. The van der Waals surface area contributed by atoms with Crippen molar-refractivity contribution in [3.05, 3.63) is 59.4 Å². The number of nitrogens with zero attached hydrogens (tertiary/aromatic N) is 1. The first-order chi connectivity index (χ1) is 10.6. The first-order valence-corrected chi connectivity index (χ1v) is 7.38. The quantitative estimate of drug-likeness (QED) is 0.910. The molecule has 0 spiro atoms. The van der Waals surface area contributed by atoms with Gasteiger partial charge in [0.1, 0.15) is 5.69 Å². The molecular weight excluding hydrogens is 280 g/mol. The second-order valence-corrected chi connectivity index (χ2v) is 5.70. The Morgan fingerprint density at radius 3 is 2.64 bits per heavy atom. The van der Waals surface area contributed by atoms with E-state index in [1.165, 1.54) is 0 Å². The SMILES string of the molecule is O=C(O)c1ccc(C[C@H]2CCN(C(=O)c3ccc[nH]3)C2)cc1. The van der Waals surface area contributed by atoms with Gasteiger partial charge in [0.2, 0.25) is 0 Å². The van der Waals surface area contributed by atoms with E-state index < -0.39 is 5.97 Å². The number of amides is 1. The lowest BCUT2D eigenvalue weighted by Gasteiger charge is -2.15. The highest BCUT2D eigenvalue weighted by molar-refractivity contribution is 5.92. The molecule has 2 N–H and O–H groups in total. The summed E-state index contributed by atoms with van der Waals surface area (Å²) in [6.07, 6.45) is 3.60. The van der Waals surface area contributed by atoms with E-state index in [0.29, 0.717) is 17.2 Å². The molecule has 1 fully saturated rings. The number of aromatic carboxylic acids is 1. The van der Waals surface area contributed by atoms with E-state index in [0.717, 1.165) is 31.5 Å². The van der Waals surface area contributed by atoms with E-state index in [1.807, 2.05) is 23.1 Å². The minimum absolute atomic E-state index is 0.0497. The lowest BCUT2D eigenvalue weighted by molar-refractivity contribution is 0.0696. The number of carboxylic acids is 1. The molecule has 2 heterocycles. The molecule has 0 unspecified atom stereocenters. The van der Waals surface area contributed by atoms with Crippen LogP contribution in [0.4, 0.5) is 0 Å². The number of carbonyl (C=O) groups is 2. The zero-order chi connectivity index (χ0) is 15.5. The van der Waals surface area contributed by atoms with Crippen molar-refractivity contribution in [2.24, 2.45) is 5.92 Å². The van der Waals surface area contributed by atoms with Crippen molar-refractivity contribution >= 4 is 11.9 Å². The molecule has 1 aliphatic heterocycles. The maximum Gasteiger partial charge on any atom is 0.335 e. The molecule has 22 heavy (non-hydrogen) atoms. The van der Waals surface area contributed by atoms with Crippen LogP contribution in [-0.4, -0.2) is 40.0 Å². The summed E-state index contributed by atoms with van der Waals surface area (Å²) in [6.45, 7) is 1.52. The number of aromatic nitrogens is 1. The highest BCUT2D eigenvalue weighted by Crippen LogP contribution is 2.22. The van der Waals surface area contributed by atoms with E-state index in [-0.39, 0.29) is 5.91 Å². The lowest BCUT2D eigenvalue weighted by Crippen LogP contribution is -2.29. The van der Waals surface area contributed by atoms with Crippen molar-refractivity contribution in [1.82, 2.24) is 9.88 Å². The van der Waals surface area contributed by atoms with Gasteiger partial charge in [-0.25, -0.2) is 4.79 Å². The zero-order valence-electron chi connectivity index (χ0n) is 12.2. The molecule has 1 aliphatic rings. The first kappa shape index (κ1) is 14.4. The van der Waals surface area contributed by atoms with Crippen LogP contribution >= 0.6 is 0 Å². The van der Waals surface area contributed by atoms with Gasteiger partial charge in [-0.2, -0.15) is 0 Å². The second-order valence-electron chi connectivity index (χ2n) is 5.70. The number of hydrogen-bond acceptors (Lipinski definition) is 2. The van der Waals surface area contributed by atoms with Gasteiger partial charge in [0.15, 0.2) is 0 Å². The predicted octanol–water partition coefficient (Wildman–Crippen LogP) is 2.42. The third-order valence-corrected chi connectivity index (χ3v) is 4.13. The monoisotopic (exact) mass is 298 g/mol. The average Bonchev–Trinajstić information content (AvgIpc) is 3.19. The summed E-state index contributed by atoms with van der Waals surface area (Å²) >= 11 is 0. The number of benzene rings is 1. The molecule has 0 bridgehead atoms. The van der Waals surface area contributed by atoms with Crippen molar-refractivity contribution in [2.45, 2.75) is 12.8 Å². The molecule has 3 rings (SSSR count). The molecule has 1 amide bonds. The van der Waals surface area contributed by atoms with E-state index in [9.17, 15) is 9.59 Å². The van der Waals surface area contributed by atoms with E-state index in [2.05, 4.69) is 4.98 Å². The fourth-order valence-electron chi connectivity index (χ4n) is 2.93. The summed E-state index contributed by atoms with van der Waals surface area (Å²) in [5.74, 6) is -0.432. The Labute approximate surface area is 128 Å². The van der Waals surface area contributed by atoms with Crippen LogP contribution in [0.3, 0.4) is 0 Å². The standard InChI is InChI=1S/C17H18N2O3/c20-16(15-2-1-8-18-15)19-9-7-13(11-19)10-12-3-5-14(6-4-12)17(21)22/h1-6,8,13,18H,7,9-11H2,(H,21,22)/t13-/m1/s1. The summed E-state index contributed by atoms with van der Waals surface area (Å²) in [4.78, 5) is 27.9. The summed E-state index contributed by atoms with van der Waals surface area (Å²) in [6, 6.07) is 10.6. The van der Waals surface area contributed by atoms with Gasteiger partial charge >= 0.3 is 5.97 Å².